The zero-order chi connectivity index (χ0) is 4.41. The maximum absolute atomic E-state index is 11.2. The highest BCUT2D eigenvalue weighted by Gasteiger charge is 2.15. The molecule has 0 radical (unpaired) electrons. The third-order valence-corrected chi connectivity index (χ3v) is 1.26. The van der Waals surface area contributed by atoms with Gasteiger partial charge in [-0.3, -0.25) is 0 Å². The van der Waals surface area contributed by atoms with Crippen LogP contribution in [0.3, 0.4) is 0 Å². The summed E-state index contributed by atoms with van der Waals surface area (Å²) in [5.74, 6) is 0. The van der Waals surface area contributed by atoms with Crippen molar-refractivity contribution in [3.05, 3.63) is 0 Å². The van der Waals surface area contributed by atoms with Gasteiger partial charge in [0.25, 0.3) is 0 Å². The van der Waals surface area contributed by atoms with Gasteiger partial charge in [-0.2, -0.15) is 5.54 Å². The predicted molar refractivity (Wildman–Crippen MR) is 21.9 cm³/mol. The van der Waals surface area contributed by atoms with Crippen molar-refractivity contribution in [1.29, 1.82) is 0 Å². The van der Waals surface area contributed by atoms with Gasteiger partial charge < -0.3 is 0 Å². The van der Waals surface area contributed by atoms with Crippen LogP contribution in [0.25, 0.3) is 0 Å². The van der Waals surface area contributed by atoms with Crippen LogP contribution in [0.2, 0.25) is 0 Å². The Morgan fingerprint density at radius 3 is 2.17 bits per heavy atom. The molecule has 0 aromatic heterocycles. The molecular formula is C4H8FN. The molecular weight excluding hydrogens is 81.0 g/mol. The van der Waals surface area contributed by atoms with Gasteiger partial charge in [0.15, 0.2) is 0 Å². The monoisotopic (exact) mass is 89.1 g/mol. The van der Waals surface area contributed by atoms with Crippen molar-refractivity contribution >= 4 is 0 Å². The van der Waals surface area contributed by atoms with Gasteiger partial charge in [0.2, 0.25) is 0 Å². The lowest BCUT2D eigenvalue weighted by Gasteiger charge is -2.21. The molecule has 0 aliphatic heterocycles. The fourth-order valence-corrected chi connectivity index (χ4v) is 0.517. The van der Waals surface area contributed by atoms with Crippen LogP contribution < -0.4 is 5.54 Å². The first-order valence-electron chi connectivity index (χ1n) is 2.29. The summed E-state index contributed by atoms with van der Waals surface area (Å²) in [5, 5.41) is 0. The largest absolute Gasteiger partial charge is 0.156 e. The van der Waals surface area contributed by atoms with E-state index in [1.54, 1.807) is 5.54 Å². The summed E-state index contributed by atoms with van der Waals surface area (Å²) in [7, 11) is 0. The lowest BCUT2D eigenvalue weighted by molar-refractivity contribution is 0.199. The molecule has 0 spiro atoms. The molecule has 1 fully saturated rings. The molecule has 0 aromatic rings. The molecule has 0 amide bonds. The molecule has 1 aliphatic carbocycles. The Hall–Kier alpha value is -0.110. The van der Waals surface area contributed by atoms with E-state index in [-0.39, 0.29) is 6.04 Å². The molecule has 1 N–H and O–H groups in total. The third kappa shape index (κ3) is 0.522. The van der Waals surface area contributed by atoms with Crippen molar-refractivity contribution in [2.45, 2.75) is 25.3 Å². The molecule has 2 heteroatoms. The average Bonchev–Trinajstić information content (AvgIpc) is 1.31. The Morgan fingerprint density at radius 2 is 2.17 bits per heavy atom. The summed E-state index contributed by atoms with van der Waals surface area (Å²) in [6, 6.07) is 0.199. The first kappa shape index (κ1) is 4.06. The highest BCUT2D eigenvalue weighted by molar-refractivity contribution is 4.71. The van der Waals surface area contributed by atoms with Crippen LogP contribution in [-0.4, -0.2) is 6.04 Å². The fourth-order valence-electron chi connectivity index (χ4n) is 0.517. The average molecular weight is 89.1 g/mol. The number of nitrogens with one attached hydrogen (secondary N) is 1. The molecule has 0 heterocycles. The van der Waals surface area contributed by atoms with E-state index in [9.17, 15) is 4.48 Å². The number of hydrogen-bond donors (Lipinski definition) is 1. The molecule has 1 rings (SSSR count). The first-order chi connectivity index (χ1) is 2.93. The van der Waals surface area contributed by atoms with Crippen LogP contribution in [0, 0.1) is 0 Å². The minimum absolute atomic E-state index is 0.199. The maximum atomic E-state index is 11.2. The Morgan fingerprint density at radius 1 is 1.50 bits per heavy atom. The minimum Gasteiger partial charge on any atom is -0.156 e. The molecule has 0 bridgehead atoms. The van der Waals surface area contributed by atoms with Gasteiger partial charge in [-0.15, -0.1) is 4.48 Å². The molecule has 0 unspecified atom stereocenters. The summed E-state index contributed by atoms with van der Waals surface area (Å²) in [4.78, 5) is 0. The molecule has 0 aromatic carbocycles. The fraction of sp³-hybridized carbons (Fsp3) is 1.00. The Bertz CT molecular complexity index is 40.1. The Kier molecular flexibility index (Phi) is 1.05. The molecule has 1 saturated carbocycles. The molecule has 0 saturated heterocycles. The number of halogens is 1. The van der Waals surface area contributed by atoms with Crippen LogP contribution in [0.4, 0.5) is 4.48 Å². The molecule has 0 atom stereocenters. The molecule has 6 heavy (non-hydrogen) atoms. The van der Waals surface area contributed by atoms with Crippen molar-refractivity contribution in [2.24, 2.45) is 0 Å². The van der Waals surface area contributed by atoms with Crippen molar-refractivity contribution in [3.8, 4) is 0 Å². The van der Waals surface area contributed by atoms with Gasteiger partial charge in [0.05, 0.1) is 0 Å². The summed E-state index contributed by atoms with van der Waals surface area (Å²) in [5.41, 5.74) is 1.70. The highest BCUT2D eigenvalue weighted by atomic mass is 19.2. The van der Waals surface area contributed by atoms with Gasteiger partial charge in [0.1, 0.15) is 0 Å². The van der Waals surface area contributed by atoms with Gasteiger partial charge >= 0.3 is 0 Å². The van der Waals surface area contributed by atoms with Crippen LogP contribution in [-0.2, 0) is 0 Å². The third-order valence-electron chi connectivity index (χ3n) is 1.26. The van der Waals surface area contributed by atoms with E-state index in [4.69, 9.17) is 0 Å². The van der Waals surface area contributed by atoms with Gasteiger partial charge in [-0.1, -0.05) is 6.42 Å². The Balaban J connectivity index is 2.01. The number of rotatable bonds is 1. The topological polar surface area (TPSA) is 12.0 Å². The molecule has 1 nitrogen and oxygen atoms in total. The van der Waals surface area contributed by atoms with Crippen molar-refractivity contribution in [1.82, 2.24) is 5.54 Å². The number of hydrogen-bond acceptors (Lipinski definition) is 1. The van der Waals surface area contributed by atoms with Crippen molar-refractivity contribution in [2.75, 3.05) is 0 Å². The van der Waals surface area contributed by atoms with E-state index >= 15 is 0 Å². The lowest BCUT2D eigenvalue weighted by atomic mass is 9.94. The van der Waals surface area contributed by atoms with Gasteiger partial charge in [-0.25, -0.2) is 0 Å². The SMILES string of the molecule is FNC1CCC1. The normalized spacial score (nSPS) is 23.5. The lowest BCUT2D eigenvalue weighted by Crippen LogP contribution is -2.28. The predicted octanol–water partition coefficient (Wildman–Crippen LogP) is 1.01. The quantitative estimate of drug-likeness (QED) is 0.473. The standard InChI is InChI=1S/C4H8FN/c5-6-4-2-1-3-4/h4,6H,1-3H2. The minimum atomic E-state index is 0.199. The van der Waals surface area contributed by atoms with E-state index in [0.29, 0.717) is 0 Å². The van der Waals surface area contributed by atoms with Gasteiger partial charge in [-0.05, 0) is 12.8 Å². The second kappa shape index (κ2) is 1.56. The molecule has 1 aliphatic rings. The van der Waals surface area contributed by atoms with Crippen molar-refractivity contribution in [3.63, 3.8) is 0 Å². The first-order valence-corrected chi connectivity index (χ1v) is 2.29. The molecule has 36 valence electrons. The zero-order valence-electron chi connectivity index (χ0n) is 3.58. The Labute approximate surface area is 36.5 Å². The van der Waals surface area contributed by atoms with Gasteiger partial charge in [0, 0.05) is 6.04 Å². The van der Waals surface area contributed by atoms with Crippen LogP contribution in [0.15, 0.2) is 0 Å². The maximum Gasteiger partial charge on any atom is 0.0371 e. The summed E-state index contributed by atoms with van der Waals surface area (Å²) >= 11 is 0. The zero-order valence-corrected chi connectivity index (χ0v) is 3.58. The van der Waals surface area contributed by atoms with Crippen LogP contribution >= 0.6 is 0 Å². The van der Waals surface area contributed by atoms with E-state index in [1.165, 1.54) is 6.42 Å². The second-order valence-corrected chi connectivity index (χ2v) is 1.74. The summed E-state index contributed by atoms with van der Waals surface area (Å²) in [6.45, 7) is 0. The second-order valence-electron chi connectivity index (χ2n) is 1.74. The van der Waals surface area contributed by atoms with E-state index < -0.39 is 0 Å². The smallest absolute Gasteiger partial charge is 0.0371 e. The van der Waals surface area contributed by atoms with Crippen molar-refractivity contribution < 1.29 is 4.48 Å². The van der Waals surface area contributed by atoms with Crippen LogP contribution in [0.1, 0.15) is 19.3 Å². The summed E-state index contributed by atoms with van der Waals surface area (Å²) in [6.07, 6.45) is 3.24. The summed E-state index contributed by atoms with van der Waals surface area (Å²) < 4.78 is 11.2. The van der Waals surface area contributed by atoms with Crippen LogP contribution in [0.5, 0.6) is 0 Å². The highest BCUT2D eigenvalue weighted by Crippen LogP contribution is 2.17. The van der Waals surface area contributed by atoms with E-state index in [1.807, 2.05) is 0 Å². The van der Waals surface area contributed by atoms with E-state index in [2.05, 4.69) is 0 Å². The van der Waals surface area contributed by atoms with E-state index in [0.717, 1.165) is 12.8 Å².